The molecule has 1 N–H and O–H groups in total. The smallest absolute Gasteiger partial charge is 0.233 e. The lowest BCUT2D eigenvalue weighted by molar-refractivity contribution is -0.136. The topological polar surface area (TPSA) is 49.4 Å². The van der Waals surface area contributed by atoms with Crippen molar-refractivity contribution in [1.29, 1.82) is 0 Å². The van der Waals surface area contributed by atoms with Gasteiger partial charge in [0.15, 0.2) is 0 Å². The van der Waals surface area contributed by atoms with Gasteiger partial charge in [-0.15, -0.1) is 0 Å². The van der Waals surface area contributed by atoms with E-state index in [1.165, 1.54) is 0 Å². The molecule has 114 valence electrons. The number of anilines is 1. The zero-order valence-corrected chi connectivity index (χ0v) is 14.1. The SMILES string of the molecule is Cc1ccc(NC(=O)CC(=O)N2CCCC(C)C2)cc1Br. The number of carbonyl (C=O) groups excluding carboxylic acids is 2. The highest BCUT2D eigenvalue weighted by Gasteiger charge is 2.22. The summed E-state index contributed by atoms with van der Waals surface area (Å²) < 4.78 is 0.941. The maximum Gasteiger partial charge on any atom is 0.233 e. The fourth-order valence-corrected chi connectivity index (χ4v) is 2.92. The molecule has 21 heavy (non-hydrogen) atoms. The Bertz CT molecular complexity index is 545. The van der Waals surface area contributed by atoms with Crippen LogP contribution in [0.3, 0.4) is 0 Å². The van der Waals surface area contributed by atoms with Gasteiger partial charge < -0.3 is 10.2 Å². The van der Waals surface area contributed by atoms with Gasteiger partial charge in [-0.2, -0.15) is 0 Å². The highest BCUT2D eigenvalue weighted by molar-refractivity contribution is 9.10. The molecule has 0 aromatic heterocycles. The minimum absolute atomic E-state index is 0.0785. The van der Waals surface area contributed by atoms with Crippen molar-refractivity contribution in [3.05, 3.63) is 28.2 Å². The number of nitrogens with one attached hydrogen (secondary N) is 1. The van der Waals surface area contributed by atoms with Gasteiger partial charge in [-0.05, 0) is 43.4 Å². The Balaban J connectivity index is 1.88. The number of hydrogen-bond donors (Lipinski definition) is 1. The van der Waals surface area contributed by atoms with Crippen molar-refractivity contribution < 1.29 is 9.59 Å². The van der Waals surface area contributed by atoms with Crippen molar-refractivity contribution in [2.45, 2.75) is 33.1 Å². The molecular formula is C16H21BrN2O2. The second kappa shape index (κ2) is 7.07. The third-order valence-corrected chi connectivity index (χ3v) is 4.63. The first kappa shape index (κ1) is 16.0. The van der Waals surface area contributed by atoms with Crippen LogP contribution in [0.1, 0.15) is 31.7 Å². The second-order valence-corrected chi connectivity index (χ2v) is 6.63. The Hall–Kier alpha value is -1.36. The number of benzene rings is 1. The summed E-state index contributed by atoms with van der Waals surface area (Å²) in [6.07, 6.45) is 2.10. The number of nitrogens with zero attached hydrogens (tertiary/aromatic N) is 1. The number of hydrogen-bond acceptors (Lipinski definition) is 2. The molecule has 1 fully saturated rings. The summed E-state index contributed by atoms with van der Waals surface area (Å²) in [5, 5.41) is 2.77. The summed E-state index contributed by atoms with van der Waals surface area (Å²) in [6, 6.07) is 5.61. The number of piperidine rings is 1. The van der Waals surface area contributed by atoms with E-state index in [1.54, 1.807) is 4.90 Å². The molecule has 2 rings (SSSR count). The molecule has 2 amide bonds. The summed E-state index contributed by atoms with van der Waals surface area (Å²) in [4.78, 5) is 25.9. The molecule has 5 heteroatoms. The Kier molecular flexibility index (Phi) is 5.39. The molecule has 0 saturated carbocycles. The van der Waals surface area contributed by atoms with Crippen molar-refractivity contribution >= 4 is 33.4 Å². The molecular weight excluding hydrogens is 332 g/mol. The van der Waals surface area contributed by atoms with Gasteiger partial charge in [-0.1, -0.05) is 28.9 Å². The van der Waals surface area contributed by atoms with E-state index in [0.29, 0.717) is 11.6 Å². The third-order valence-electron chi connectivity index (χ3n) is 3.78. The van der Waals surface area contributed by atoms with Gasteiger partial charge in [0.2, 0.25) is 11.8 Å². The first-order valence-corrected chi connectivity index (χ1v) is 8.09. The molecule has 1 heterocycles. The van der Waals surface area contributed by atoms with Gasteiger partial charge in [0.05, 0.1) is 0 Å². The maximum absolute atomic E-state index is 12.1. The summed E-state index contributed by atoms with van der Waals surface area (Å²) >= 11 is 3.43. The minimum atomic E-state index is -0.256. The van der Waals surface area contributed by atoms with Gasteiger partial charge in [-0.3, -0.25) is 9.59 Å². The number of likely N-dealkylation sites (tertiary alicyclic amines) is 1. The molecule has 1 aromatic rings. The quantitative estimate of drug-likeness (QED) is 0.848. The summed E-state index contributed by atoms with van der Waals surface area (Å²) in [6.45, 7) is 5.66. The first-order chi connectivity index (χ1) is 9.95. The summed E-state index contributed by atoms with van der Waals surface area (Å²) in [7, 11) is 0. The molecule has 1 aliphatic rings. The molecule has 0 aliphatic carbocycles. The Morgan fingerprint density at radius 3 is 2.86 bits per heavy atom. The Morgan fingerprint density at radius 1 is 1.43 bits per heavy atom. The van der Waals surface area contributed by atoms with Crippen molar-refractivity contribution in [3.63, 3.8) is 0 Å². The van der Waals surface area contributed by atoms with Gasteiger partial charge in [0, 0.05) is 23.2 Å². The number of amides is 2. The van der Waals surface area contributed by atoms with Gasteiger partial charge in [-0.25, -0.2) is 0 Å². The fraction of sp³-hybridized carbons (Fsp3) is 0.500. The molecule has 1 saturated heterocycles. The van der Waals surface area contributed by atoms with Crippen LogP contribution in [-0.2, 0) is 9.59 Å². The lowest BCUT2D eigenvalue weighted by Crippen LogP contribution is -2.40. The zero-order valence-electron chi connectivity index (χ0n) is 12.5. The molecule has 1 atom stereocenters. The monoisotopic (exact) mass is 352 g/mol. The second-order valence-electron chi connectivity index (χ2n) is 5.78. The Morgan fingerprint density at radius 2 is 2.19 bits per heavy atom. The number of rotatable bonds is 3. The van der Waals surface area contributed by atoms with Crippen LogP contribution in [0.4, 0.5) is 5.69 Å². The fourth-order valence-electron chi connectivity index (χ4n) is 2.54. The van der Waals surface area contributed by atoms with Crippen LogP contribution in [0, 0.1) is 12.8 Å². The molecule has 0 bridgehead atoms. The van der Waals surface area contributed by atoms with Crippen molar-refractivity contribution in [3.8, 4) is 0 Å². The van der Waals surface area contributed by atoms with E-state index in [9.17, 15) is 9.59 Å². The van der Waals surface area contributed by atoms with E-state index in [2.05, 4.69) is 28.2 Å². The van der Waals surface area contributed by atoms with Crippen LogP contribution in [0.5, 0.6) is 0 Å². The highest BCUT2D eigenvalue weighted by atomic mass is 79.9. The standard InChI is InChI=1S/C16H21BrN2O2/c1-11-4-3-7-19(10-11)16(21)9-15(20)18-13-6-5-12(2)14(17)8-13/h5-6,8,11H,3-4,7,9-10H2,1-2H3,(H,18,20). The predicted octanol–water partition coefficient (Wildman–Crippen LogP) is 3.34. The van der Waals surface area contributed by atoms with E-state index < -0.39 is 0 Å². The van der Waals surface area contributed by atoms with Gasteiger partial charge >= 0.3 is 0 Å². The average Bonchev–Trinajstić information content (AvgIpc) is 2.43. The third kappa shape index (κ3) is 4.56. The highest BCUT2D eigenvalue weighted by Crippen LogP contribution is 2.21. The van der Waals surface area contributed by atoms with E-state index in [1.807, 2.05) is 25.1 Å². The average molecular weight is 353 g/mol. The lowest BCUT2D eigenvalue weighted by Gasteiger charge is -2.30. The molecule has 1 unspecified atom stereocenters. The number of aryl methyl sites for hydroxylation is 1. The normalized spacial score (nSPS) is 18.4. The first-order valence-electron chi connectivity index (χ1n) is 7.29. The van der Waals surface area contributed by atoms with Crippen LogP contribution >= 0.6 is 15.9 Å². The summed E-state index contributed by atoms with van der Waals surface area (Å²) in [5.41, 5.74) is 1.81. The lowest BCUT2D eigenvalue weighted by atomic mass is 10.00. The molecule has 0 spiro atoms. The maximum atomic E-state index is 12.1. The van der Waals surface area contributed by atoms with Crippen molar-refractivity contribution in [2.24, 2.45) is 5.92 Å². The number of carbonyl (C=O) groups is 2. The van der Waals surface area contributed by atoms with E-state index in [4.69, 9.17) is 0 Å². The zero-order chi connectivity index (χ0) is 15.4. The Labute approximate surface area is 134 Å². The van der Waals surface area contributed by atoms with E-state index in [-0.39, 0.29) is 18.2 Å². The van der Waals surface area contributed by atoms with Crippen LogP contribution in [-0.4, -0.2) is 29.8 Å². The van der Waals surface area contributed by atoms with Crippen LogP contribution in [0.15, 0.2) is 22.7 Å². The molecule has 0 radical (unpaired) electrons. The van der Waals surface area contributed by atoms with E-state index in [0.717, 1.165) is 36.0 Å². The largest absolute Gasteiger partial charge is 0.342 e. The minimum Gasteiger partial charge on any atom is -0.342 e. The summed E-state index contributed by atoms with van der Waals surface area (Å²) in [5.74, 6) is 0.193. The number of halogens is 1. The van der Waals surface area contributed by atoms with Crippen molar-refractivity contribution in [1.82, 2.24) is 4.90 Å². The van der Waals surface area contributed by atoms with E-state index >= 15 is 0 Å². The van der Waals surface area contributed by atoms with Gasteiger partial charge in [0.1, 0.15) is 6.42 Å². The van der Waals surface area contributed by atoms with Crippen LogP contribution in [0.25, 0.3) is 0 Å². The molecule has 4 nitrogen and oxygen atoms in total. The van der Waals surface area contributed by atoms with Gasteiger partial charge in [0.25, 0.3) is 0 Å². The van der Waals surface area contributed by atoms with Crippen LogP contribution in [0.2, 0.25) is 0 Å². The molecule has 1 aliphatic heterocycles. The van der Waals surface area contributed by atoms with Crippen LogP contribution < -0.4 is 5.32 Å². The van der Waals surface area contributed by atoms with Crippen molar-refractivity contribution in [2.75, 3.05) is 18.4 Å². The molecule has 1 aromatic carbocycles. The predicted molar refractivity (Wildman–Crippen MR) is 87.1 cm³/mol.